The maximum absolute atomic E-state index is 11.0. The second kappa shape index (κ2) is 5.25. The predicted molar refractivity (Wildman–Crippen MR) is 63.4 cm³/mol. The number of ether oxygens (including phenoxy) is 2. The molecular weight excluding hydrogens is 220 g/mol. The lowest BCUT2D eigenvalue weighted by molar-refractivity contribution is -0.00461. The van der Waals surface area contributed by atoms with Crippen LogP contribution in [0, 0.1) is 0 Å². The van der Waals surface area contributed by atoms with Crippen molar-refractivity contribution >= 4 is 12.1 Å². The standard InChI is InChI=1S/C12H16N2O3/c1-16-10-6-14(7-11(10)17-2)12-9(8-15)4-3-5-13-12/h3-5,8,10-11H,6-7H2,1-2H3. The van der Waals surface area contributed by atoms with Crippen LogP contribution in [0.15, 0.2) is 18.3 Å². The number of hydrogen-bond donors (Lipinski definition) is 0. The second-order valence-electron chi connectivity index (χ2n) is 3.99. The molecule has 0 spiro atoms. The summed E-state index contributed by atoms with van der Waals surface area (Å²) in [6, 6.07) is 3.52. The van der Waals surface area contributed by atoms with E-state index in [1.165, 1.54) is 0 Å². The van der Waals surface area contributed by atoms with Gasteiger partial charge in [-0.05, 0) is 12.1 Å². The van der Waals surface area contributed by atoms with Crippen molar-refractivity contribution in [1.82, 2.24) is 4.98 Å². The van der Waals surface area contributed by atoms with Crippen LogP contribution >= 0.6 is 0 Å². The molecule has 1 aromatic heterocycles. The van der Waals surface area contributed by atoms with Crippen molar-refractivity contribution in [2.24, 2.45) is 0 Å². The molecule has 0 saturated carbocycles. The van der Waals surface area contributed by atoms with Gasteiger partial charge in [-0.25, -0.2) is 4.98 Å². The number of aldehydes is 1. The molecule has 2 rings (SSSR count). The third-order valence-electron chi connectivity index (χ3n) is 3.06. The Hall–Kier alpha value is -1.46. The average Bonchev–Trinajstić information content (AvgIpc) is 2.81. The molecule has 92 valence electrons. The molecular formula is C12H16N2O3. The smallest absolute Gasteiger partial charge is 0.153 e. The Bertz CT molecular complexity index is 385. The number of pyridine rings is 1. The summed E-state index contributed by atoms with van der Waals surface area (Å²) in [6.45, 7) is 1.37. The van der Waals surface area contributed by atoms with E-state index in [2.05, 4.69) is 4.98 Å². The third-order valence-corrected chi connectivity index (χ3v) is 3.06. The van der Waals surface area contributed by atoms with Gasteiger partial charge in [0, 0.05) is 33.5 Å². The van der Waals surface area contributed by atoms with Crippen LogP contribution in [-0.4, -0.2) is 50.8 Å². The average molecular weight is 236 g/mol. The Morgan fingerprint density at radius 1 is 1.35 bits per heavy atom. The maximum atomic E-state index is 11.0. The second-order valence-corrected chi connectivity index (χ2v) is 3.99. The monoisotopic (exact) mass is 236 g/mol. The van der Waals surface area contributed by atoms with E-state index >= 15 is 0 Å². The largest absolute Gasteiger partial charge is 0.377 e. The molecule has 2 heterocycles. The number of carbonyl (C=O) groups is 1. The van der Waals surface area contributed by atoms with Gasteiger partial charge in [0.25, 0.3) is 0 Å². The topological polar surface area (TPSA) is 51.7 Å². The van der Waals surface area contributed by atoms with Crippen LogP contribution in [0.4, 0.5) is 5.82 Å². The minimum atomic E-state index is 0.0153. The van der Waals surface area contributed by atoms with E-state index in [0.717, 1.165) is 6.29 Å². The summed E-state index contributed by atoms with van der Waals surface area (Å²) in [4.78, 5) is 17.2. The van der Waals surface area contributed by atoms with Crippen LogP contribution < -0.4 is 4.90 Å². The molecule has 0 aromatic carbocycles. The van der Waals surface area contributed by atoms with Crippen molar-refractivity contribution in [3.05, 3.63) is 23.9 Å². The zero-order chi connectivity index (χ0) is 12.3. The fraction of sp³-hybridized carbons (Fsp3) is 0.500. The van der Waals surface area contributed by atoms with E-state index in [0.29, 0.717) is 24.5 Å². The molecule has 1 fully saturated rings. The molecule has 17 heavy (non-hydrogen) atoms. The minimum Gasteiger partial charge on any atom is -0.377 e. The highest BCUT2D eigenvalue weighted by Crippen LogP contribution is 2.23. The van der Waals surface area contributed by atoms with Gasteiger partial charge < -0.3 is 14.4 Å². The third kappa shape index (κ3) is 2.30. The van der Waals surface area contributed by atoms with E-state index in [9.17, 15) is 4.79 Å². The van der Waals surface area contributed by atoms with Gasteiger partial charge in [0.15, 0.2) is 6.29 Å². The van der Waals surface area contributed by atoms with Gasteiger partial charge in [0.1, 0.15) is 18.0 Å². The van der Waals surface area contributed by atoms with Gasteiger partial charge in [-0.15, -0.1) is 0 Å². The van der Waals surface area contributed by atoms with Crippen LogP contribution in [-0.2, 0) is 9.47 Å². The van der Waals surface area contributed by atoms with E-state index < -0.39 is 0 Å². The van der Waals surface area contributed by atoms with Crippen LogP contribution in [0.25, 0.3) is 0 Å². The highest BCUT2D eigenvalue weighted by molar-refractivity contribution is 5.82. The van der Waals surface area contributed by atoms with Gasteiger partial charge in [-0.2, -0.15) is 0 Å². The fourth-order valence-electron chi connectivity index (χ4n) is 2.14. The van der Waals surface area contributed by atoms with Crippen LogP contribution in [0.3, 0.4) is 0 Å². The minimum absolute atomic E-state index is 0.0153. The van der Waals surface area contributed by atoms with Crippen molar-refractivity contribution in [2.75, 3.05) is 32.2 Å². The van der Waals surface area contributed by atoms with Crippen molar-refractivity contribution in [3.8, 4) is 0 Å². The number of nitrogens with zero attached hydrogens (tertiary/aromatic N) is 2. The van der Waals surface area contributed by atoms with Crippen LogP contribution in [0.1, 0.15) is 10.4 Å². The Morgan fingerprint density at radius 2 is 2.00 bits per heavy atom. The molecule has 0 amide bonds. The molecule has 1 aromatic rings. The van der Waals surface area contributed by atoms with Gasteiger partial charge in [0.2, 0.25) is 0 Å². The zero-order valence-electron chi connectivity index (χ0n) is 10.00. The molecule has 1 aliphatic rings. The molecule has 5 nitrogen and oxygen atoms in total. The summed E-state index contributed by atoms with van der Waals surface area (Å²) < 4.78 is 10.7. The molecule has 2 atom stereocenters. The molecule has 2 unspecified atom stereocenters. The first kappa shape index (κ1) is 12.0. The van der Waals surface area contributed by atoms with Gasteiger partial charge in [0.05, 0.1) is 5.56 Å². The van der Waals surface area contributed by atoms with Crippen molar-refractivity contribution in [1.29, 1.82) is 0 Å². The number of aromatic nitrogens is 1. The van der Waals surface area contributed by atoms with E-state index in [-0.39, 0.29) is 12.2 Å². The highest BCUT2D eigenvalue weighted by Gasteiger charge is 2.34. The molecule has 0 radical (unpaired) electrons. The lowest BCUT2D eigenvalue weighted by atomic mass is 10.2. The maximum Gasteiger partial charge on any atom is 0.153 e. The molecule has 1 saturated heterocycles. The number of rotatable bonds is 4. The Labute approximate surface area is 100 Å². The number of hydrogen-bond acceptors (Lipinski definition) is 5. The van der Waals surface area contributed by atoms with Crippen molar-refractivity contribution < 1.29 is 14.3 Å². The first-order chi connectivity index (χ1) is 8.30. The molecule has 5 heteroatoms. The van der Waals surface area contributed by atoms with Crippen LogP contribution in [0.5, 0.6) is 0 Å². The summed E-state index contributed by atoms with van der Waals surface area (Å²) in [6.07, 6.45) is 2.54. The predicted octanol–water partition coefficient (Wildman–Crippen LogP) is 0.744. The normalized spacial score (nSPS) is 24.0. The van der Waals surface area contributed by atoms with Gasteiger partial charge >= 0.3 is 0 Å². The summed E-state index contributed by atoms with van der Waals surface area (Å²) in [5, 5.41) is 0. The number of methoxy groups -OCH3 is 2. The summed E-state index contributed by atoms with van der Waals surface area (Å²) in [5.41, 5.74) is 0.596. The first-order valence-corrected chi connectivity index (χ1v) is 5.51. The SMILES string of the molecule is COC1CN(c2ncccc2C=O)CC1OC. The van der Waals surface area contributed by atoms with Crippen molar-refractivity contribution in [3.63, 3.8) is 0 Å². The van der Waals surface area contributed by atoms with Crippen molar-refractivity contribution in [2.45, 2.75) is 12.2 Å². The Balaban J connectivity index is 2.21. The lowest BCUT2D eigenvalue weighted by Gasteiger charge is -2.17. The zero-order valence-corrected chi connectivity index (χ0v) is 10.00. The van der Waals surface area contributed by atoms with E-state index in [4.69, 9.17) is 9.47 Å². The summed E-state index contributed by atoms with van der Waals surface area (Å²) in [5.74, 6) is 0.698. The molecule has 0 N–H and O–H groups in total. The highest BCUT2D eigenvalue weighted by atomic mass is 16.5. The first-order valence-electron chi connectivity index (χ1n) is 5.51. The number of anilines is 1. The summed E-state index contributed by atoms with van der Waals surface area (Å²) >= 11 is 0. The van der Waals surface area contributed by atoms with Crippen LogP contribution in [0.2, 0.25) is 0 Å². The van der Waals surface area contributed by atoms with Gasteiger partial charge in [-0.3, -0.25) is 4.79 Å². The summed E-state index contributed by atoms with van der Waals surface area (Å²) in [7, 11) is 3.33. The molecule has 0 aliphatic carbocycles. The fourth-order valence-corrected chi connectivity index (χ4v) is 2.14. The Kier molecular flexibility index (Phi) is 3.71. The number of carbonyl (C=O) groups excluding carboxylic acids is 1. The molecule has 0 bridgehead atoms. The van der Waals surface area contributed by atoms with E-state index in [1.54, 1.807) is 32.5 Å². The Morgan fingerprint density at radius 3 is 2.53 bits per heavy atom. The quantitative estimate of drug-likeness (QED) is 0.722. The van der Waals surface area contributed by atoms with Gasteiger partial charge in [-0.1, -0.05) is 0 Å². The molecule has 1 aliphatic heterocycles. The lowest BCUT2D eigenvalue weighted by Crippen LogP contribution is -2.27. The van der Waals surface area contributed by atoms with E-state index in [1.807, 2.05) is 4.90 Å².